The zero-order valence-corrected chi connectivity index (χ0v) is 10.3. The number of rotatable bonds is 5. The Hall–Kier alpha value is -0.830. The number of nitrogens with zero attached hydrogens (tertiary/aromatic N) is 3. The summed E-state index contributed by atoms with van der Waals surface area (Å²) in [6.45, 7) is 7.17. The molecule has 1 rings (SSSR count). The number of hydrogen-bond acceptors (Lipinski definition) is 3. The summed E-state index contributed by atoms with van der Waals surface area (Å²) in [7, 11) is 0. The Morgan fingerprint density at radius 2 is 2.07 bits per heavy atom. The van der Waals surface area contributed by atoms with Crippen molar-refractivity contribution in [2.75, 3.05) is 17.3 Å². The third-order valence-electron chi connectivity index (χ3n) is 2.23. The number of halogens is 1. The number of aromatic nitrogens is 2. The van der Waals surface area contributed by atoms with E-state index in [1.807, 2.05) is 19.1 Å². The van der Waals surface area contributed by atoms with E-state index in [-0.39, 0.29) is 0 Å². The number of alkyl halides is 1. The Labute approximate surface area is 96.5 Å². The van der Waals surface area contributed by atoms with E-state index >= 15 is 0 Å². The average molecular weight is 228 g/mol. The van der Waals surface area contributed by atoms with Gasteiger partial charge in [0.1, 0.15) is 0 Å². The van der Waals surface area contributed by atoms with E-state index in [2.05, 4.69) is 28.9 Å². The zero-order valence-electron chi connectivity index (χ0n) is 9.57. The second-order valence-corrected chi connectivity index (χ2v) is 4.24. The summed E-state index contributed by atoms with van der Waals surface area (Å²) >= 11 is 5.70. The predicted octanol–water partition coefficient (Wildman–Crippen LogP) is 2.63. The van der Waals surface area contributed by atoms with Crippen molar-refractivity contribution < 1.29 is 0 Å². The second kappa shape index (κ2) is 5.91. The van der Waals surface area contributed by atoms with Crippen molar-refractivity contribution in [3.63, 3.8) is 0 Å². The monoisotopic (exact) mass is 227 g/mol. The van der Waals surface area contributed by atoms with E-state index in [0.29, 0.717) is 11.9 Å². The molecule has 15 heavy (non-hydrogen) atoms. The molecule has 0 bridgehead atoms. The first kappa shape index (κ1) is 12.2. The van der Waals surface area contributed by atoms with Gasteiger partial charge >= 0.3 is 0 Å². The van der Waals surface area contributed by atoms with E-state index in [9.17, 15) is 0 Å². The smallest absolute Gasteiger partial charge is 0.151 e. The predicted molar refractivity (Wildman–Crippen MR) is 64.6 cm³/mol. The molecule has 1 aromatic heterocycles. The molecule has 0 unspecified atom stereocenters. The molecular weight excluding hydrogens is 210 g/mol. The summed E-state index contributed by atoms with van der Waals surface area (Å²) in [5.74, 6) is 1.61. The summed E-state index contributed by atoms with van der Waals surface area (Å²) in [6.07, 6.45) is 0.968. The van der Waals surface area contributed by atoms with E-state index in [4.69, 9.17) is 11.6 Å². The highest BCUT2D eigenvalue weighted by Crippen LogP contribution is 2.13. The lowest BCUT2D eigenvalue weighted by atomic mass is 10.3. The van der Waals surface area contributed by atoms with Gasteiger partial charge < -0.3 is 4.90 Å². The van der Waals surface area contributed by atoms with E-state index in [1.54, 1.807) is 0 Å². The quantitative estimate of drug-likeness (QED) is 0.725. The summed E-state index contributed by atoms with van der Waals surface area (Å²) in [5.41, 5.74) is 0.944. The molecule has 0 saturated carbocycles. The summed E-state index contributed by atoms with van der Waals surface area (Å²) in [4.78, 5) is 2.22. The number of aryl methyl sites for hydroxylation is 1. The van der Waals surface area contributed by atoms with Crippen LogP contribution in [0.25, 0.3) is 0 Å². The molecule has 0 aliphatic carbocycles. The molecule has 0 aliphatic rings. The summed E-state index contributed by atoms with van der Waals surface area (Å²) < 4.78 is 0. The maximum absolute atomic E-state index is 5.70. The molecule has 1 aromatic rings. The van der Waals surface area contributed by atoms with Crippen molar-refractivity contribution in [2.45, 2.75) is 33.2 Å². The average Bonchev–Trinajstić information content (AvgIpc) is 2.21. The normalized spacial score (nSPS) is 10.7. The lowest BCUT2D eigenvalue weighted by Crippen LogP contribution is -2.32. The van der Waals surface area contributed by atoms with Crippen molar-refractivity contribution in [3.05, 3.63) is 17.8 Å². The number of hydrogen-bond donors (Lipinski definition) is 0. The molecule has 1 heterocycles. The molecular formula is C11H18ClN3. The first-order valence-electron chi connectivity index (χ1n) is 5.28. The van der Waals surface area contributed by atoms with E-state index < -0.39 is 0 Å². The zero-order chi connectivity index (χ0) is 11.3. The largest absolute Gasteiger partial charge is 0.353 e. The fourth-order valence-electron chi connectivity index (χ4n) is 1.41. The lowest BCUT2D eigenvalue weighted by Gasteiger charge is -2.27. The lowest BCUT2D eigenvalue weighted by molar-refractivity contribution is 0.657. The molecule has 0 N–H and O–H groups in total. The standard InChI is InChI=1S/C11H18ClN3/c1-9(2)15(8-4-7-12)11-6-5-10(3)13-14-11/h5-6,9H,4,7-8H2,1-3H3. The third-order valence-corrected chi connectivity index (χ3v) is 2.50. The Morgan fingerprint density at radius 3 is 2.53 bits per heavy atom. The van der Waals surface area contributed by atoms with E-state index in [1.165, 1.54) is 0 Å². The topological polar surface area (TPSA) is 29.0 Å². The van der Waals surface area contributed by atoms with Crippen LogP contribution >= 0.6 is 11.6 Å². The van der Waals surface area contributed by atoms with Crippen molar-refractivity contribution in [2.24, 2.45) is 0 Å². The Balaban J connectivity index is 2.74. The van der Waals surface area contributed by atoms with Crippen LogP contribution in [0.2, 0.25) is 0 Å². The van der Waals surface area contributed by atoms with Crippen LogP contribution in [0.3, 0.4) is 0 Å². The molecule has 84 valence electrons. The van der Waals surface area contributed by atoms with Gasteiger partial charge in [0.25, 0.3) is 0 Å². The third kappa shape index (κ3) is 3.67. The molecule has 0 radical (unpaired) electrons. The molecule has 0 amide bonds. The van der Waals surface area contributed by atoms with Gasteiger partial charge in [0.15, 0.2) is 5.82 Å². The van der Waals surface area contributed by atoms with Crippen molar-refractivity contribution in [1.29, 1.82) is 0 Å². The van der Waals surface area contributed by atoms with E-state index in [0.717, 1.165) is 24.5 Å². The van der Waals surface area contributed by atoms with Gasteiger partial charge in [-0.05, 0) is 39.3 Å². The maximum atomic E-state index is 5.70. The minimum Gasteiger partial charge on any atom is -0.353 e. The molecule has 0 aliphatic heterocycles. The number of anilines is 1. The van der Waals surface area contributed by atoms with Crippen LogP contribution in [-0.2, 0) is 0 Å². The van der Waals surface area contributed by atoms with Crippen LogP contribution < -0.4 is 4.90 Å². The molecule has 4 heteroatoms. The minimum atomic E-state index is 0.422. The van der Waals surface area contributed by atoms with Gasteiger partial charge in [-0.2, -0.15) is 5.10 Å². The van der Waals surface area contributed by atoms with Crippen LogP contribution in [0.1, 0.15) is 26.0 Å². The van der Waals surface area contributed by atoms with Gasteiger partial charge in [-0.1, -0.05) is 0 Å². The summed E-state index contributed by atoms with van der Waals surface area (Å²) in [5, 5.41) is 8.25. The van der Waals surface area contributed by atoms with Gasteiger partial charge in [-0.25, -0.2) is 0 Å². The maximum Gasteiger partial charge on any atom is 0.151 e. The fraction of sp³-hybridized carbons (Fsp3) is 0.636. The van der Waals surface area contributed by atoms with Crippen molar-refractivity contribution >= 4 is 17.4 Å². The molecule has 0 atom stereocenters. The SMILES string of the molecule is Cc1ccc(N(CCCCl)C(C)C)nn1. The fourth-order valence-corrected chi connectivity index (χ4v) is 1.53. The van der Waals surface area contributed by atoms with Crippen LogP contribution in [0, 0.1) is 6.92 Å². The van der Waals surface area contributed by atoms with Crippen LogP contribution in [0.15, 0.2) is 12.1 Å². The molecule has 3 nitrogen and oxygen atoms in total. The first-order chi connectivity index (χ1) is 7.15. The molecule has 0 spiro atoms. The molecule has 0 aromatic carbocycles. The van der Waals surface area contributed by atoms with Crippen molar-refractivity contribution in [3.8, 4) is 0 Å². The van der Waals surface area contributed by atoms with Gasteiger partial charge in [-0.3, -0.25) is 0 Å². The first-order valence-corrected chi connectivity index (χ1v) is 5.81. The molecule has 0 saturated heterocycles. The van der Waals surface area contributed by atoms with Gasteiger partial charge in [0, 0.05) is 18.5 Å². The Bertz CT molecular complexity index is 284. The highest BCUT2D eigenvalue weighted by atomic mass is 35.5. The highest BCUT2D eigenvalue weighted by molar-refractivity contribution is 6.17. The minimum absolute atomic E-state index is 0.422. The second-order valence-electron chi connectivity index (χ2n) is 3.86. The van der Waals surface area contributed by atoms with Gasteiger partial charge in [-0.15, -0.1) is 16.7 Å². The van der Waals surface area contributed by atoms with Crippen LogP contribution in [-0.4, -0.2) is 28.7 Å². The highest BCUT2D eigenvalue weighted by Gasteiger charge is 2.11. The van der Waals surface area contributed by atoms with Gasteiger partial charge in [0.05, 0.1) is 5.69 Å². The van der Waals surface area contributed by atoms with Crippen LogP contribution in [0.5, 0.6) is 0 Å². The molecule has 0 fully saturated rings. The van der Waals surface area contributed by atoms with Gasteiger partial charge in [0.2, 0.25) is 0 Å². The Morgan fingerprint density at radius 1 is 1.33 bits per heavy atom. The Kier molecular flexibility index (Phi) is 4.82. The summed E-state index contributed by atoms with van der Waals surface area (Å²) in [6, 6.07) is 4.42. The van der Waals surface area contributed by atoms with Crippen molar-refractivity contribution in [1.82, 2.24) is 10.2 Å². The van der Waals surface area contributed by atoms with Crippen LogP contribution in [0.4, 0.5) is 5.82 Å².